The van der Waals surface area contributed by atoms with Crippen molar-refractivity contribution in [2.75, 3.05) is 6.79 Å². The third-order valence-corrected chi connectivity index (χ3v) is 1.83. The zero-order chi connectivity index (χ0) is 9.97. The number of ether oxygens (including phenoxy) is 1. The number of aromatic hydroxyl groups is 1. The lowest BCUT2D eigenvalue weighted by Gasteiger charge is -2.06. The van der Waals surface area contributed by atoms with Crippen LogP contribution in [-0.2, 0) is 0 Å². The molecule has 0 aliphatic rings. The zero-order valence-corrected chi connectivity index (χ0v) is 7.21. The van der Waals surface area contributed by atoms with Gasteiger partial charge in [-0.15, -0.1) is 0 Å². The summed E-state index contributed by atoms with van der Waals surface area (Å²) in [4.78, 5) is 7.72. The van der Waals surface area contributed by atoms with Gasteiger partial charge in [0.1, 0.15) is 11.8 Å². The van der Waals surface area contributed by atoms with E-state index in [1.165, 1.54) is 6.33 Å². The highest BCUT2D eigenvalue weighted by atomic mass is 16.6. The van der Waals surface area contributed by atoms with E-state index in [-0.39, 0.29) is 11.5 Å². The number of aliphatic hydroxyl groups is 1. The SMILES string of the molecule is OCOc1ccc2cncnc2c1O. The summed E-state index contributed by atoms with van der Waals surface area (Å²) in [6.07, 6.45) is 2.93. The van der Waals surface area contributed by atoms with Crippen LogP contribution in [0.4, 0.5) is 0 Å². The van der Waals surface area contributed by atoms with Crippen molar-refractivity contribution in [1.82, 2.24) is 9.97 Å². The van der Waals surface area contributed by atoms with Gasteiger partial charge in [0, 0.05) is 11.6 Å². The largest absolute Gasteiger partial charge is 0.503 e. The summed E-state index contributed by atoms with van der Waals surface area (Å²) in [6, 6.07) is 3.26. The van der Waals surface area contributed by atoms with Gasteiger partial charge >= 0.3 is 0 Å². The van der Waals surface area contributed by atoms with Gasteiger partial charge in [0.05, 0.1) is 0 Å². The average Bonchev–Trinajstić information content (AvgIpc) is 2.23. The van der Waals surface area contributed by atoms with Crippen molar-refractivity contribution in [3.63, 3.8) is 0 Å². The van der Waals surface area contributed by atoms with Gasteiger partial charge in [-0.2, -0.15) is 0 Å². The molecule has 14 heavy (non-hydrogen) atoms. The first-order valence-corrected chi connectivity index (χ1v) is 3.98. The van der Waals surface area contributed by atoms with Gasteiger partial charge in [-0.3, -0.25) is 0 Å². The third kappa shape index (κ3) is 1.33. The highest BCUT2D eigenvalue weighted by molar-refractivity contribution is 5.85. The van der Waals surface area contributed by atoms with Crippen molar-refractivity contribution in [2.24, 2.45) is 0 Å². The van der Waals surface area contributed by atoms with E-state index in [0.29, 0.717) is 5.52 Å². The Bertz CT molecular complexity index is 459. The van der Waals surface area contributed by atoms with Crippen molar-refractivity contribution in [3.8, 4) is 11.5 Å². The van der Waals surface area contributed by atoms with Crippen LogP contribution in [0.1, 0.15) is 0 Å². The second-order valence-electron chi connectivity index (χ2n) is 2.65. The van der Waals surface area contributed by atoms with Crippen LogP contribution >= 0.6 is 0 Å². The predicted molar refractivity (Wildman–Crippen MR) is 48.9 cm³/mol. The molecular weight excluding hydrogens is 184 g/mol. The quantitative estimate of drug-likeness (QED) is 0.684. The standard InChI is InChI=1S/C9H8N2O3/c12-5-14-7-2-1-6-3-10-4-11-8(6)9(7)13/h1-4,12-13H,5H2. The molecule has 0 radical (unpaired) electrons. The smallest absolute Gasteiger partial charge is 0.186 e. The molecule has 2 rings (SSSR count). The Morgan fingerprint density at radius 2 is 2.21 bits per heavy atom. The van der Waals surface area contributed by atoms with Crippen LogP contribution in [0.25, 0.3) is 10.9 Å². The highest BCUT2D eigenvalue weighted by Crippen LogP contribution is 2.32. The molecule has 1 aromatic carbocycles. The van der Waals surface area contributed by atoms with Gasteiger partial charge in [-0.1, -0.05) is 0 Å². The molecule has 5 heteroatoms. The zero-order valence-electron chi connectivity index (χ0n) is 7.21. The summed E-state index contributed by atoms with van der Waals surface area (Å²) < 4.78 is 4.79. The van der Waals surface area contributed by atoms with Crippen LogP contribution in [0.3, 0.4) is 0 Å². The summed E-state index contributed by atoms with van der Waals surface area (Å²) in [6.45, 7) is -0.482. The molecule has 2 N–H and O–H groups in total. The van der Waals surface area contributed by atoms with Gasteiger partial charge in [-0.05, 0) is 12.1 Å². The summed E-state index contributed by atoms with van der Waals surface area (Å²) in [5.74, 6) is 0.123. The first-order chi connectivity index (χ1) is 6.83. The van der Waals surface area contributed by atoms with E-state index < -0.39 is 6.79 Å². The molecule has 1 aromatic heterocycles. The Morgan fingerprint density at radius 3 is 3.00 bits per heavy atom. The normalized spacial score (nSPS) is 10.4. The maximum absolute atomic E-state index is 9.65. The van der Waals surface area contributed by atoms with Crippen molar-refractivity contribution < 1.29 is 14.9 Å². The van der Waals surface area contributed by atoms with Crippen molar-refractivity contribution in [3.05, 3.63) is 24.7 Å². The van der Waals surface area contributed by atoms with E-state index >= 15 is 0 Å². The van der Waals surface area contributed by atoms with Gasteiger partial charge in [0.25, 0.3) is 0 Å². The summed E-state index contributed by atoms with van der Waals surface area (Å²) in [7, 11) is 0. The fourth-order valence-electron chi connectivity index (χ4n) is 1.21. The first-order valence-electron chi connectivity index (χ1n) is 3.98. The van der Waals surface area contributed by atoms with Gasteiger partial charge in [-0.25, -0.2) is 9.97 Å². The lowest BCUT2D eigenvalue weighted by molar-refractivity contribution is 0.0958. The Labute approximate surface area is 79.6 Å². The number of fused-ring (bicyclic) bond motifs is 1. The number of aliphatic hydroxyl groups excluding tert-OH is 1. The topological polar surface area (TPSA) is 75.5 Å². The Hall–Kier alpha value is -1.88. The Balaban J connectivity index is 2.63. The number of aromatic nitrogens is 2. The van der Waals surface area contributed by atoms with E-state index in [9.17, 15) is 5.11 Å². The molecule has 0 fully saturated rings. The Morgan fingerprint density at radius 1 is 1.36 bits per heavy atom. The molecule has 5 nitrogen and oxygen atoms in total. The molecule has 0 amide bonds. The van der Waals surface area contributed by atoms with E-state index in [1.807, 2.05) is 0 Å². The van der Waals surface area contributed by atoms with Crippen molar-refractivity contribution in [1.29, 1.82) is 0 Å². The van der Waals surface area contributed by atoms with E-state index in [1.54, 1.807) is 18.3 Å². The van der Waals surface area contributed by atoms with E-state index in [4.69, 9.17) is 9.84 Å². The lowest BCUT2D eigenvalue weighted by Crippen LogP contribution is -1.95. The second kappa shape index (κ2) is 3.47. The summed E-state index contributed by atoms with van der Waals surface area (Å²) >= 11 is 0. The minimum absolute atomic E-state index is 0.0843. The number of nitrogens with zero attached hydrogens (tertiary/aromatic N) is 2. The molecular formula is C9H8N2O3. The highest BCUT2D eigenvalue weighted by Gasteiger charge is 2.07. The lowest BCUT2D eigenvalue weighted by atomic mass is 10.2. The van der Waals surface area contributed by atoms with Crippen molar-refractivity contribution in [2.45, 2.75) is 0 Å². The molecule has 0 saturated carbocycles. The van der Waals surface area contributed by atoms with Gasteiger partial charge < -0.3 is 14.9 Å². The van der Waals surface area contributed by atoms with Crippen LogP contribution in [-0.4, -0.2) is 27.0 Å². The molecule has 0 aliphatic heterocycles. The fraction of sp³-hybridized carbons (Fsp3) is 0.111. The number of hydrogen-bond donors (Lipinski definition) is 2. The molecule has 1 heterocycles. The molecule has 0 aliphatic carbocycles. The molecule has 72 valence electrons. The molecule has 0 bridgehead atoms. The fourth-order valence-corrected chi connectivity index (χ4v) is 1.21. The average molecular weight is 192 g/mol. The number of hydrogen-bond acceptors (Lipinski definition) is 5. The number of benzene rings is 1. The van der Waals surface area contributed by atoms with Gasteiger partial charge in [0.15, 0.2) is 18.3 Å². The predicted octanol–water partition coefficient (Wildman–Crippen LogP) is 0.664. The van der Waals surface area contributed by atoms with Crippen LogP contribution in [0.2, 0.25) is 0 Å². The van der Waals surface area contributed by atoms with E-state index in [0.717, 1.165) is 5.39 Å². The van der Waals surface area contributed by atoms with Crippen LogP contribution in [0.5, 0.6) is 11.5 Å². The number of phenolic OH excluding ortho intramolecular Hbond substituents is 1. The van der Waals surface area contributed by atoms with Crippen LogP contribution < -0.4 is 4.74 Å². The summed E-state index contributed by atoms with van der Waals surface area (Å²) in [5, 5.41) is 18.9. The van der Waals surface area contributed by atoms with Crippen LogP contribution in [0, 0.1) is 0 Å². The maximum Gasteiger partial charge on any atom is 0.186 e. The maximum atomic E-state index is 9.65. The number of phenols is 1. The molecule has 0 saturated heterocycles. The van der Waals surface area contributed by atoms with Crippen LogP contribution in [0.15, 0.2) is 24.7 Å². The molecule has 0 atom stereocenters. The summed E-state index contributed by atoms with van der Waals surface area (Å²) in [5.41, 5.74) is 0.408. The monoisotopic (exact) mass is 192 g/mol. The Kier molecular flexibility index (Phi) is 2.16. The minimum Gasteiger partial charge on any atom is -0.503 e. The third-order valence-electron chi connectivity index (χ3n) is 1.83. The molecule has 0 spiro atoms. The number of rotatable bonds is 2. The molecule has 0 unspecified atom stereocenters. The van der Waals surface area contributed by atoms with E-state index in [2.05, 4.69) is 9.97 Å². The first kappa shape index (κ1) is 8.71. The second-order valence-corrected chi connectivity index (χ2v) is 2.65. The van der Waals surface area contributed by atoms with Crippen molar-refractivity contribution >= 4 is 10.9 Å². The van der Waals surface area contributed by atoms with Gasteiger partial charge in [0.2, 0.25) is 0 Å². The molecule has 2 aromatic rings. The minimum atomic E-state index is -0.482.